The molecular weight excluding hydrogens is 124 g/mol. The Morgan fingerprint density at radius 1 is 1.50 bits per heavy atom. The van der Waals surface area contributed by atoms with Gasteiger partial charge in [0.1, 0.15) is 5.78 Å². The lowest BCUT2D eigenvalue weighted by atomic mass is 10.00. The molecule has 0 aromatic heterocycles. The molecule has 1 nitrogen and oxygen atoms in total. The van der Waals surface area contributed by atoms with Crippen molar-refractivity contribution in [1.82, 2.24) is 0 Å². The lowest BCUT2D eigenvalue weighted by Gasteiger charge is -2.04. The number of Topliss-reactive ketones (excluding diaryl/α,β-unsaturated/α-hetero) is 1. The fourth-order valence-electron chi connectivity index (χ4n) is 1.79. The molecule has 0 N–H and O–H groups in total. The maximum atomic E-state index is 11.2. The summed E-state index contributed by atoms with van der Waals surface area (Å²) in [7, 11) is 0. The van der Waals surface area contributed by atoms with E-state index in [0.29, 0.717) is 11.7 Å². The van der Waals surface area contributed by atoms with Crippen LogP contribution >= 0.6 is 0 Å². The van der Waals surface area contributed by atoms with Crippen LogP contribution in [0.3, 0.4) is 0 Å². The van der Waals surface area contributed by atoms with Crippen LogP contribution in [-0.4, -0.2) is 5.78 Å². The summed E-state index contributed by atoms with van der Waals surface area (Å²) in [6.45, 7) is 4.20. The summed E-state index contributed by atoms with van der Waals surface area (Å²) < 4.78 is 0. The monoisotopic (exact) mass is 140 g/mol. The van der Waals surface area contributed by atoms with Crippen LogP contribution < -0.4 is 0 Å². The predicted octanol–water partition coefficient (Wildman–Crippen LogP) is 2.40. The Morgan fingerprint density at radius 3 is 2.60 bits per heavy atom. The first-order chi connectivity index (χ1) is 4.74. The van der Waals surface area contributed by atoms with Crippen molar-refractivity contribution in [2.45, 2.75) is 39.5 Å². The first kappa shape index (κ1) is 7.77. The fourth-order valence-corrected chi connectivity index (χ4v) is 1.79. The number of carbonyl (C=O) groups excluding carboxylic acids is 1. The Morgan fingerprint density at radius 2 is 2.20 bits per heavy atom. The third kappa shape index (κ3) is 1.59. The van der Waals surface area contributed by atoms with Crippen LogP contribution in [0.2, 0.25) is 0 Å². The van der Waals surface area contributed by atoms with Crippen molar-refractivity contribution in [3.8, 4) is 0 Å². The molecule has 0 amide bonds. The summed E-state index contributed by atoms with van der Waals surface area (Å²) in [5.74, 6) is 1.69. The SMILES string of the molecule is CCC(=O)[C@H]1CC[C@@H](C)C1. The van der Waals surface area contributed by atoms with Crippen molar-refractivity contribution in [3.05, 3.63) is 0 Å². The van der Waals surface area contributed by atoms with E-state index < -0.39 is 0 Å². The number of carbonyl (C=O) groups is 1. The van der Waals surface area contributed by atoms with E-state index in [1.54, 1.807) is 0 Å². The van der Waals surface area contributed by atoms with Gasteiger partial charge in [0.15, 0.2) is 0 Å². The molecular formula is C9H16O. The summed E-state index contributed by atoms with van der Waals surface area (Å²) in [5.41, 5.74) is 0. The van der Waals surface area contributed by atoms with E-state index in [9.17, 15) is 4.79 Å². The van der Waals surface area contributed by atoms with Crippen LogP contribution in [0.25, 0.3) is 0 Å². The number of rotatable bonds is 2. The van der Waals surface area contributed by atoms with Crippen molar-refractivity contribution < 1.29 is 4.79 Å². The van der Waals surface area contributed by atoms with Crippen LogP contribution in [0.15, 0.2) is 0 Å². The number of hydrogen-bond donors (Lipinski definition) is 0. The molecule has 0 saturated heterocycles. The summed E-state index contributed by atoms with van der Waals surface area (Å²) >= 11 is 0. The highest BCUT2D eigenvalue weighted by Crippen LogP contribution is 2.31. The molecule has 0 radical (unpaired) electrons. The Hall–Kier alpha value is -0.330. The topological polar surface area (TPSA) is 17.1 Å². The molecule has 0 bridgehead atoms. The molecule has 1 heteroatoms. The van der Waals surface area contributed by atoms with E-state index in [1.807, 2.05) is 6.92 Å². The standard InChI is InChI=1S/C9H16O/c1-3-9(10)8-5-4-7(2)6-8/h7-8H,3-6H2,1-2H3/t7-,8+/m1/s1. The van der Waals surface area contributed by atoms with Gasteiger partial charge in [-0.3, -0.25) is 4.79 Å². The van der Waals surface area contributed by atoms with Gasteiger partial charge in [-0.15, -0.1) is 0 Å². The average molecular weight is 140 g/mol. The Kier molecular flexibility index (Phi) is 2.47. The van der Waals surface area contributed by atoms with Gasteiger partial charge < -0.3 is 0 Å². The van der Waals surface area contributed by atoms with Gasteiger partial charge in [-0.1, -0.05) is 13.8 Å². The second-order valence-electron chi connectivity index (χ2n) is 3.44. The van der Waals surface area contributed by atoms with Crippen molar-refractivity contribution in [1.29, 1.82) is 0 Å². The second-order valence-corrected chi connectivity index (χ2v) is 3.44. The normalized spacial score (nSPS) is 32.6. The maximum absolute atomic E-state index is 11.2. The number of ketones is 1. The third-order valence-corrected chi connectivity index (χ3v) is 2.50. The van der Waals surface area contributed by atoms with Crippen molar-refractivity contribution in [3.63, 3.8) is 0 Å². The van der Waals surface area contributed by atoms with Crippen LogP contribution in [0.1, 0.15) is 39.5 Å². The molecule has 0 aliphatic heterocycles. The summed E-state index contributed by atoms with van der Waals surface area (Å²) in [4.78, 5) is 11.2. The lowest BCUT2D eigenvalue weighted by molar-refractivity contribution is -0.122. The minimum atomic E-state index is 0.417. The van der Waals surface area contributed by atoms with E-state index in [0.717, 1.165) is 25.2 Å². The molecule has 0 aromatic carbocycles. The zero-order valence-corrected chi connectivity index (χ0v) is 6.89. The van der Waals surface area contributed by atoms with E-state index in [1.165, 1.54) is 6.42 Å². The van der Waals surface area contributed by atoms with Gasteiger partial charge in [0, 0.05) is 12.3 Å². The molecule has 0 spiro atoms. The Labute approximate surface area is 62.8 Å². The quantitative estimate of drug-likeness (QED) is 0.575. The smallest absolute Gasteiger partial charge is 0.135 e. The van der Waals surface area contributed by atoms with Crippen LogP contribution in [0, 0.1) is 11.8 Å². The molecule has 0 unspecified atom stereocenters. The first-order valence-electron chi connectivity index (χ1n) is 4.26. The van der Waals surface area contributed by atoms with Crippen molar-refractivity contribution in [2.24, 2.45) is 11.8 Å². The summed E-state index contributed by atoms with van der Waals surface area (Å²) in [6, 6.07) is 0. The Bertz CT molecular complexity index is 129. The largest absolute Gasteiger partial charge is 0.299 e. The van der Waals surface area contributed by atoms with Crippen LogP contribution in [-0.2, 0) is 4.79 Å². The van der Waals surface area contributed by atoms with Crippen molar-refractivity contribution >= 4 is 5.78 Å². The van der Waals surface area contributed by atoms with Crippen LogP contribution in [0.5, 0.6) is 0 Å². The van der Waals surface area contributed by atoms with Crippen LogP contribution in [0.4, 0.5) is 0 Å². The van der Waals surface area contributed by atoms with Crippen molar-refractivity contribution in [2.75, 3.05) is 0 Å². The minimum absolute atomic E-state index is 0.417. The van der Waals surface area contributed by atoms with Gasteiger partial charge in [0.2, 0.25) is 0 Å². The predicted molar refractivity (Wildman–Crippen MR) is 41.8 cm³/mol. The van der Waals surface area contributed by atoms with Gasteiger partial charge >= 0.3 is 0 Å². The first-order valence-corrected chi connectivity index (χ1v) is 4.26. The average Bonchev–Trinajstić information content (AvgIpc) is 2.34. The molecule has 58 valence electrons. The molecule has 1 aliphatic carbocycles. The third-order valence-electron chi connectivity index (χ3n) is 2.50. The lowest BCUT2D eigenvalue weighted by Crippen LogP contribution is -2.08. The molecule has 0 aromatic rings. The highest BCUT2D eigenvalue weighted by molar-refractivity contribution is 5.80. The van der Waals surface area contributed by atoms with Gasteiger partial charge in [-0.05, 0) is 25.2 Å². The second kappa shape index (κ2) is 3.18. The summed E-state index contributed by atoms with van der Waals surface area (Å²) in [6.07, 6.45) is 4.29. The van der Waals surface area contributed by atoms with E-state index in [2.05, 4.69) is 6.92 Å². The molecule has 2 atom stereocenters. The minimum Gasteiger partial charge on any atom is -0.299 e. The zero-order chi connectivity index (χ0) is 7.56. The molecule has 1 rings (SSSR count). The fraction of sp³-hybridized carbons (Fsp3) is 0.889. The Balaban J connectivity index is 2.37. The van der Waals surface area contributed by atoms with E-state index in [4.69, 9.17) is 0 Å². The van der Waals surface area contributed by atoms with Gasteiger partial charge in [-0.25, -0.2) is 0 Å². The highest BCUT2D eigenvalue weighted by atomic mass is 16.1. The van der Waals surface area contributed by atoms with Gasteiger partial charge in [0.25, 0.3) is 0 Å². The molecule has 1 saturated carbocycles. The molecule has 10 heavy (non-hydrogen) atoms. The highest BCUT2D eigenvalue weighted by Gasteiger charge is 2.25. The molecule has 1 fully saturated rings. The zero-order valence-electron chi connectivity index (χ0n) is 6.89. The summed E-state index contributed by atoms with van der Waals surface area (Å²) in [5, 5.41) is 0. The number of hydrogen-bond acceptors (Lipinski definition) is 1. The van der Waals surface area contributed by atoms with E-state index >= 15 is 0 Å². The molecule has 1 aliphatic rings. The van der Waals surface area contributed by atoms with E-state index in [-0.39, 0.29) is 0 Å². The maximum Gasteiger partial charge on any atom is 0.135 e. The van der Waals surface area contributed by atoms with Gasteiger partial charge in [-0.2, -0.15) is 0 Å². The van der Waals surface area contributed by atoms with Gasteiger partial charge in [0.05, 0.1) is 0 Å². The molecule has 0 heterocycles.